The van der Waals surface area contributed by atoms with Gasteiger partial charge in [0, 0.05) is 16.3 Å². The number of hydrogen-bond acceptors (Lipinski definition) is 5. The zero-order valence-corrected chi connectivity index (χ0v) is 20.8. The van der Waals surface area contributed by atoms with Gasteiger partial charge in [-0.2, -0.15) is 0 Å². The molecule has 0 atom stereocenters. The smallest absolute Gasteiger partial charge is 0.245 e. The summed E-state index contributed by atoms with van der Waals surface area (Å²) in [4.78, 5) is 14.0. The number of methoxy groups -OCH3 is 1. The lowest BCUT2D eigenvalue weighted by Gasteiger charge is -2.24. The van der Waals surface area contributed by atoms with Crippen LogP contribution in [-0.4, -0.2) is 34.2 Å². The molecule has 3 aromatic carbocycles. The minimum Gasteiger partial charge on any atom is -0.495 e. The lowest BCUT2D eigenvalue weighted by Crippen LogP contribution is -2.37. The van der Waals surface area contributed by atoms with Crippen LogP contribution in [0.4, 0.5) is 11.4 Å². The number of ether oxygens (including phenoxy) is 1. The number of benzene rings is 3. The maximum Gasteiger partial charge on any atom is 0.245 e. The van der Waals surface area contributed by atoms with Gasteiger partial charge < -0.3 is 10.1 Å². The first kappa shape index (κ1) is 24.7. The number of nitrogens with one attached hydrogen (secondary N) is 1. The second-order valence-electron chi connectivity index (χ2n) is 7.74. The van der Waals surface area contributed by atoms with Crippen LogP contribution < -0.4 is 14.4 Å². The number of carbonyl (C=O) groups is 1. The normalized spacial score (nSPS) is 11.2. The Hall–Kier alpha value is -2.97. The van der Waals surface area contributed by atoms with Crippen molar-refractivity contribution in [3.63, 3.8) is 0 Å². The Morgan fingerprint density at radius 2 is 1.76 bits per heavy atom. The summed E-state index contributed by atoms with van der Waals surface area (Å²) < 4.78 is 31.4. The fourth-order valence-electron chi connectivity index (χ4n) is 3.34. The zero-order chi connectivity index (χ0) is 24.0. The van der Waals surface area contributed by atoms with Gasteiger partial charge >= 0.3 is 0 Å². The summed E-state index contributed by atoms with van der Waals surface area (Å²) in [7, 11) is -2.25. The minimum absolute atomic E-state index is 0.333. The molecule has 8 heteroatoms. The fraction of sp³-hybridized carbons (Fsp3) is 0.240. The number of nitrogens with zero attached hydrogens (tertiary/aromatic N) is 1. The van der Waals surface area contributed by atoms with E-state index in [1.165, 1.54) is 12.0 Å². The standard InChI is InChI=1S/C25H28N2O4S2/c1-18-10-13-24(31-3)23(14-18)27(33(4,29)30)16-25(28)26-22-12-11-20(15-19(22)2)17-32-21-8-6-5-7-9-21/h5-15H,16-17H2,1-4H3,(H,26,28). The molecule has 0 heterocycles. The Labute approximate surface area is 200 Å². The molecule has 174 valence electrons. The molecule has 0 aliphatic carbocycles. The number of aryl methyl sites for hydroxylation is 2. The Balaban J connectivity index is 1.72. The van der Waals surface area contributed by atoms with Crippen LogP contribution in [-0.2, 0) is 20.6 Å². The summed E-state index contributed by atoms with van der Waals surface area (Å²) in [5, 5.41) is 2.84. The van der Waals surface area contributed by atoms with E-state index < -0.39 is 15.9 Å². The lowest BCUT2D eigenvalue weighted by atomic mass is 10.1. The Morgan fingerprint density at radius 3 is 2.39 bits per heavy atom. The molecule has 0 bridgehead atoms. The topological polar surface area (TPSA) is 75.7 Å². The van der Waals surface area contributed by atoms with Crippen molar-refractivity contribution in [1.82, 2.24) is 0 Å². The monoisotopic (exact) mass is 484 g/mol. The third-order valence-corrected chi connectivity index (χ3v) is 7.21. The molecule has 3 aromatic rings. The van der Waals surface area contributed by atoms with Gasteiger partial charge in [-0.15, -0.1) is 11.8 Å². The summed E-state index contributed by atoms with van der Waals surface area (Å²) in [5.74, 6) is 0.766. The molecular weight excluding hydrogens is 456 g/mol. The van der Waals surface area contributed by atoms with Crippen LogP contribution in [0.5, 0.6) is 5.75 Å². The molecular formula is C25H28N2O4S2. The van der Waals surface area contributed by atoms with E-state index in [1.807, 2.05) is 56.3 Å². The highest BCUT2D eigenvalue weighted by molar-refractivity contribution is 7.98. The van der Waals surface area contributed by atoms with Gasteiger partial charge in [0.1, 0.15) is 12.3 Å². The molecule has 1 N–H and O–H groups in total. The van der Waals surface area contributed by atoms with Gasteiger partial charge in [0.25, 0.3) is 0 Å². The average molecular weight is 485 g/mol. The van der Waals surface area contributed by atoms with E-state index in [1.54, 1.807) is 23.9 Å². The number of hydrogen-bond donors (Lipinski definition) is 1. The van der Waals surface area contributed by atoms with Crippen molar-refractivity contribution >= 4 is 39.1 Å². The summed E-state index contributed by atoms with van der Waals surface area (Å²) >= 11 is 1.74. The predicted octanol–water partition coefficient (Wildman–Crippen LogP) is 5.01. The van der Waals surface area contributed by atoms with Crippen LogP contribution in [0.1, 0.15) is 16.7 Å². The molecule has 0 radical (unpaired) electrons. The van der Waals surface area contributed by atoms with Crippen LogP contribution in [0.3, 0.4) is 0 Å². The van der Waals surface area contributed by atoms with Gasteiger partial charge in [0.2, 0.25) is 15.9 Å². The predicted molar refractivity (Wildman–Crippen MR) is 136 cm³/mol. The summed E-state index contributed by atoms with van der Waals surface area (Å²) in [6.07, 6.45) is 1.08. The van der Waals surface area contributed by atoms with Crippen molar-refractivity contribution in [1.29, 1.82) is 0 Å². The molecule has 0 aliphatic rings. The van der Waals surface area contributed by atoms with E-state index in [0.717, 1.165) is 33.0 Å². The molecule has 0 saturated heterocycles. The second kappa shape index (κ2) is 10.8. The van der Waals surface area contributed by atoms with Crippen LogP contribution in [0.2, 0.25) is 0 Å². The average Bonchev–Trinajstić information content (AvgIpc) is 2.77. The minimum atomic E-state index is -3.72. The van der Waals surface area contributed by atoms with Gasteiger partial charge in [-0.05, 0) is 60.9 Å². The third-order valence-electron chi connectivity index (χ3n) is 5.00. The summed E-state index contributed by atoms with van der Waals surface area (Å²) in [6.45, 7) is 3.42. The zero-order valence-electron chi connectivity index (χ0n) is 19.2. The molecule has 0 fully saturated rings. The molecule has 0 saturated carbocycles. The fourth-order valence-corrected chi connectivity index (χ4v) is 5.05. The highest BCUT2D eigenvalue weighted by atomic mass is 32.2. The first-order chi connectivity index (χ1) is 15.7. The van der Waals surface area contributed by atoms with Crippen LogP contribution >= 0.6 is 11.8 Å². The Bertz CT molecular complexity index is 1230. The number of sulfonamides is 1. The molecule has 0 aliphatic heterocycles. The number of carbonyl (C=O) groups excluding carboxylic acids is 1. The van der Waals surface area contributed by atoms with Gasteiger partial charge in [0.15, 0.2) is 0 Å². The van der Waals surface area contributed by atoms with Crippen molar-refractivity contribution in [3.8, 4) is 5.75 Å². The summed E-state index contributed by atoms with van der Waals surface area (Å²) in [5.41, 5.74) is 3.90. The molecule has 0 spiro atoms. The highest BCUT2D eigenvalue weighted by Gasteiger charge is 2.24. The van der Waals surface area contributed by atoms with E-state index in [9.17, 15) is 13.2 Å². The molecule has 0 aromatic heterocycles. The first-order valence-corrected chi connectivity index (χ1v) is 13.2. The third kappa shape index (κ3) is 6.76. The van der Waals surface area contributed by atoms with Gasteiger partial charge in [-0.1, -0.05) is 36.4 Å². The Morgan fingerprint density at radius 1 is 1.03 bits per heavy atom. The van der Waals surface area contributed by atoms with Gasteiger partial charge in [0.05, 0.1) is 19.1 Å². The van der Waals surface area contributed by atoms with Crippen molar-refractivity contribution < 1.29 is 17.9 Å². The van der Waals surface area contributed by atoms with E-state index in [2.05, 4.69) is 17.4 Å². The molecule has 0 unspecified atom stereocenters. The summed E-state index contributed by atoms with van der Waals surface area (Å²) in [6, 6.07) is 21.2. The highest BCUT2D eigenvalue weighted by Crippen LogP contribution is 2.31. The van der Waals surface area contributed by atoms with Gasteiger partial charge in [-0.25, -0.2) is 8.42 Å². The Kier molecular flexibility index (Phi) is 8.05. The second-order valence-corrected chi connectivity index (χ2v) is 10.7. The number of rotatable bonds is 9. The molecule has 3 rings (SSSR count). The number of thioether (sulfide) groups is 1. The quantitative estimate of drug-likeness (QED) is 0.432. The van der Waals surface area contributed by atoms with Crippen molar-refractivity contribution in [2.75, 3.05) is 29.5 Å². The molecule has 33 heavy (non-hydrogen) atoms. The largest absolute Gasteiger partial charge is 0.495 e. The number of amides is 1. The van der Waals surface area contributed by atoms with E-state index in [0.29, 0.717) is 17.1 Å². The van der Waals surface area contributed by atoms with Crippen molar-refractivity contribution in [2.24, 2.45) is 0 Å². The van der Waals surface area contributed by atoms with Crippen LogP contribution in [0.15, 0.2) is 71.6 Å². The molecule has 6 nitrogen and oxygen atoms in total. The number of anilines is 2. The maximum absolute atomic E-state index is 12.8. The van der Waals surface area contributed by atoms with Crippen LogP contribution in [0, 0.1) is 13.8 Å². The first-order valence-electron chi connectivity index (χ1n) is 10.4. The van der Waals surface area contributed by atoms with Crippen LogP contribution in [0.25, 0.3) is 0 Å². The maximum atomic E-state index is 12.8. The van der Waals surface area contributed by atoms with E-state index in [-0.39, 0.29) is 6.54 Å². The van der Waals surface area contributed by atoms with Gasteiger partial charge in [-0.3, -0.25) is 9.10 Å². The van der Waals surface area contributed by atoms with E-state index >= 15 is 0 Å². The molecule has 1 amide bonds. The lowest BCUT2D eigenvalue weighted by molar-refractivity contribution is -0.114. The van der Waals surface area contributed by atoms with E-state index in [4.69, 9.17) is 4.74 Å². The SMILES string of the molecule is COc1ccc(C)cc1N(CC(=O)Nc1ccc(CSc2ccccc2)cc1C)S(C)(=O)=O. The van der Waals surface area contributed by atoms with Crippen molar-refractivity contribution in [2.45, 2.75) is 24.5 Å². The van der Waals surface area contributed by atoms with Crippen molar-refractivity contribution in [3.05, 3.63) is 83.4 Å².